The molecular formula is C21H15Cl2N3O. The summed E-state index contributed by atoms with van der Waals surface area (Å²) in [5.41, 5.74) is 4.37. The number of nitrogens with zero attached hydrogens (tertiary/aromatic N) is 2. The molecule has 1 aromatic heterocycles. The SMILES string of the molecule is COc1ccc(C=Nc2ccc3nc(-c4ccc(Cl)cc4Cl)[nH]c3c2)cc1. The molecule has 4 nitrogen and oxygen atoms in total. The van der Waals surface area contributed by atoms with Crippen molar-refractivity contribution >= 4 is 46.1 Å². The van der Waals surface area contributed by atoms with Crippen LogP contribution in [0.1, 0.15) is 5.56 Å². The lowest BCUT2D eigenvalue weighted by molar-refractivity contribution is 0.415. The minimum absolute atomic E-state index is 0.555. The Bertz CT molecular complexity index is 1130. The van der Waals surface area contributed by atoms with E-state index in [4.69, 9.17) is 27.9 Å². The highest BCUT2D eigenvalue weighted by Gasteiger charge is 2.09. The first kappa shape index (κ1) is 17.6. The molecule has 134 valence electrons. The highest BCUT2D eigenvalue weighted by Crippen LogP contribution is 2.30. The number of rotatable bonds is 4. The van der Waals surface area contributed by atoms with Crippen molar-refractivity contribution in [2.75, 3.05) is 7.11 Å². The van der Waals surface area contributed by atoms with E-state index in [1.807, 2.05) is 54.7 Å². The number of nitrogens with one attached hydrogen (secondary N) is 1. The van der Waals surface area contributed by atoms with Crippen molar-refractivity contribution in [3.8, 4) is 17.1 Å². The van der Waals surface area contributed by atoms with Gasteiger partial charge in [-0.25, -0.2) is 4.98 Å². The fourth-order valence-corrected chi connectivity index (χ4v) is 3.22. The van der Waals surface area contributed by atoms with E-state index in [2.05, 4.69) is 15.0 Å². The van der Waals surface area contributed by atoms with Gasteiger partial charge in [0, 0.05) is 16.8 Å². The standard InChI is InChI=1S/C21H15Cl2N3O/c1-27-16-6-2-13(3-7-16)12-24-15-5-9-19-20(11-15)26-21(25-19)17-8-4-14(22)10-18(17)23/h2-12H,1H3,(H,25,26). The maximum atomic E-state index is 6.29. The molecule has 0 aliphatic rings. The van der Waals surface area contributed by atoms with E-state index in [1.54, 1.807) is 19.2 Å². The molecule has 1 heterocycles. The number of H-pyrrole nitrogens is 1. The van der Waals surface area contributed by atoms with Crippen LogP contribution in [0.15, 0.2) is 65.7 Å². The van der Waals surface area contributed by atoms with Gasteiger partial charge in [0.05, 0.1) is 28.9 Å². The molecule has 0 radical (unpaired) electrons. The van der Waals surface area contributed by atoms with E-state index >= 15 is 0 Å². The van der Waals surface area contributed by atoms with E-state index in [-0.39, 0.29) is 0 Å². The molecular weight excluding hydrogens is 381 g/mol. The third kappa shape index (κ3) is 3.82. The largest absolute Gasteiger partial charge is 0.497 e. The van der Waals surface area contributed by atoms with Gasteiger partial charge in [0.25, 0.3) is 0 Å². The number of hydrogen-bond donors (Lipinski definition) is 1. The molecule has 0 bridgehead atoms. The number of imidazole rings is 1. The number of fused-ring (bicyclic) bond motifs is 1. The molecule has 4 rings (SSSR count). The highest BCUT2D eigenvalue weighted by atomic mass is 35.5. The number of aromatic amines is 1. The second kappa shape index (κ2) is 7.43. The minimum Gasteiger partial charge on any atom is -0.497 e. The Morgan fingerprint density at radius 1 is 1.00 bits per heavy atom. The summed E-state index contributed by atoms with van der Waals surface area (Å²) >= 11 is 12.3. The van der Waals surface area contributed by atoms with Gasteiger partial charge in [-0.15, -0.1) is 0 Å². The first-order valence-electron chi connectivity index (χ1n) is 8.26. The van der Waals surface area contributed by atoms with Crippen LogP contribution in [-0.4, -0.2) is 23.3 Å². The van der Waals surface area contributed by atoms with Gasteiger partial charge in [0.15, 0.2) is 0 Å². The fraction of sp³-hybridized carbons (Fsp3) is 0.0476. The average molecular weight is 396 g/mol. The van der Waals surface area contributed by atoms with Crippen LogP contribution in [0.2, 0.25) is 10.0 Å². The van der Waals surface area contributed by atoms with Gasteiger partial charge < -0.3 is 9.72 Å². The quantitative estimate of drug-likeness (QED) is 0.412. The Labute approximate surface area is 166 Å². The summed E-state index contributed by atoms with van der Waals surface area (Å²) in [7, 11) is 1.65. The monoisotopic (exact) mass is 395 g/mol. The van der Waals surface area contributed by atoms with Crippen LogP contribution < -0.4 is 4.74 Å². The Hall–Kier alpha value is -2.82. The average Bonchev–Trinajstić information content (AvgIpc) is 3.09. The molecule has 0 aliphatic heterocycles. The van der Waals surface area contributed by atoms with Crippen LogP contribution in [0.25, 0.3) is 22.4 Å². The van der Waals surface area contributed by atoms with E-state index in [9.17, 15) is 0 Å². The van der Waals surface area contributed by atoms with Crippen molar-refractivity contribution in [2.45, 2.75) is 0 Å². The van der Waals surface area contributed by atoms with Crippen LogP contribution in [0.4, 0.5) is 5.69 Å². The van der Waals surface area contributed by atoms with E-state index in [1.165, 1.54) is 0 Å². The normalized spacial score (nSPS) is 11.4. The number of aromatic nitrogens is 2. The Morgan fingerprint density at radius 2 is 1.81 bits per heavy atom. The Balaban J connectivity index is 1.63. The molecule has 0 unspecified atom stereocenters. The van der Waals surface area contributed by atoms with Crippen molar-refractivity contribution in [1.29, 1.82) is 0 Å². The van der Waals surface area contributed by atoms with Crippen molar-refractivity contribution < 1.29 is 4.74 Å². The molecule has 0 amide bonds. The molecule has 0 spiro atoms. The highest BCUT2D eigenvalue weighted by molar-refractivity contribution is 6.36. The maximum Gasteiger partial charge on any atom is 0.140 e. The number of benzene rings is 3. The third-order valence-corrected chi connectivity index (χ3v) is 4.68. The molecule has 4 aromatic rings. The summed E-state index contributed by atoms with van der Waals surface area (Å²) < 4.78 is 5.16. The molecule has 0 fully saturated rings. The van der Waals surface area contributed by atoms with Crippen molar-refractivity contribution in [3.05, 3.63) is 76.3 Å². The Morgan fingerprint density at radius 3 is 2.56 bits per heavy atom. The van der Waals surface area contributed by atoms with Gasteiger partial charge in [-0.05, 0) is 66.2 Å². The smallest absolute Gasteiger partial charge is 0.140 e. The number of halogens is 2. The molecule has 27 heavy (non-hydrogen) atoms. The van der Waals surface area contributed by atoms with Crippen LogP contribution in [0.5, 0.6) is 5.75 Å². The van der Waals surface area contributed by atoms with Crippen LogP contribution in [0, 0.1) is 0 Å². The van der Waals surface area contributed by atoms with Gasteiger partial charge in [0.2, 0.25) is 0 Å². The predicted molar refractivity (Wildman–Crippen MR) is 112 cm³/mol. The van der Waals surface area contributed by atoms with Gasteiger partial charge in [-0.3, -0.25) is 4.99 Å². The summed E-state index contributed by atoms with van der Waals surface area (Å²) in [6.45, 7) is 0. The van der Waals surface area contributed by atoms with Crippen LogP contribution in [0.3, 0.4) is 0 Å². The third-order valence-electron chi connectivity index (χ3n) is 4.13. The number of ether oxygens (including phenoxy) is 1. The molecule has 0 atom stereocenters. The second-order valence-electron chi connectivity index (χ2n) is 5.94. The van der Waals surface area contributed by atoms with Crippen molar-refractivity contribution in [1.82, 2.24) is 9.97 Å². The lowest BCUT2D eigenvalue weighted by Gasteiger charge is -2.00. The maximum absolute atomic E-state index is 6.29. The van der Waals surface area contributed by atoms with Gasteiger partial charge in [-0.2, -0.15) is 0 Å². The molecule has 6 heteroatoms. The summed E-state index contributed by atoms with van der Waals surface area (Å²) in [5.74, 6) is 1.52. The topological polar surface area (TPSA) is 50.3 Å². The fourth-order valence-electron chi connectivity index (χ4n) is 2.73. The lowest BCUT2D eigenvalue weighted by Crippen LogP contribution is -1.84. The molecule has 0 aliphatic carbocycles. The molecule has 1 N–H and O–H groups in total. The molecule has 3 aromatic carbocycles. The zero-order chi connectivity index (χ0) is 18.8. The first-order chi connectivity index (χ1) is 13.1. The molecule has 0 saturated carbocycles. The minimum atomic E-state index is 0.555. The zero-order valence-electron chi connectivity index (χ0n) is 14.4. The Kier molecular flexibility index (Phi) is 4.84. The number of methoxy groups -OCH3 is 1. The second-order valence-corrected chi connectivity index (χ2v) is 6.79. The van der Waals surface area contributed by atoms with E-state index in [0.717, 1.165) is 33.6 Å². The van der Waals surface area contributed by atoms with Crippen LogP contribution >= 0.6 is 23.2 Å². The summed E-state index contributed by atoms with van der Waals surface area (Å²) in [6.07, 6.45) is 1.81. The summed E-state index contributed by atoms with van der Waals surface area (Å²) in [6, 6.07) is 18.9. The summed E-state index contributed by atoms with van der Waals surface area (Å²) in [5, 5.41) is 1.15. The molecule has 0 saturated heterocycles. The predicted octanol–water partition coefficient (Wildman–Crippen LogP) is 6.30. The van der Waals surface area contributed by atoms with Crippen molar-refractivity contribution in [2.24, 2.45) is 4.99 Å². The van der Waals surface area contributed by atoms with Gasteiger partial charge in [0.1, 0.15) is 11.6 Å². The van der Waals surface area contributed by atoms with E-state index < -0.39 is 0 Å². The number of aliphatic imine (C=N–C) groups is 1. The summed E-state index contributed by atoms with van der Waals surface area (Å²) in [4.78, 5) is 12.4. The first-order valence-corrected chi connectivity index (χ1v) is 9.01. The van der Waals surface area contributed by atoms with Gasteiger partial charge in [-0.1, -0.05) is 23.2 Å². The van der Waals surface area contributed by atoms with Crippen molar-refractivity contribution in [3.63, 3.8) is 0 Å². The van der Waals surface area contributed by atoms with Crippen LogP contribution in [-0.2, 0) is 0 Å². The zero-order valence-corrected chi connectivity index (χ0v) is 15.9. The lowest BCUT2D eigenvalue weighted by atomic mass is 10.2. The van der Waals surface area contributed by atoms with E-state index in [0.29, 0.717) is 15.9 Å². The number of hydrogen-bond acceptors (Lipinski definition) is 3. The van der Waals surface area contributed by atoms with Gasteiger partial charge >= 0.3 is 0 Å².